The number of likely N-dealkylation sites (N-methyl/N-ethyl adjacent to an activating group) is 1. The van der Waals surface area contributed by atoms with Gasteiger partial charge in [0.2, 0.25) is 5.91 Å². The minimum absolute atomic E-state index is 0.125. The normalized spacial score (nSPS) is 15.2. The number of carbonyl (C=O) groups is 1. The average molecular weight is 156 g/mol. The van der Waals surface area contributed by atoms with Crippen LogP contribution in [-0.2, 0) is 4.79 Å². The molecule has 11 heavy (non-hydrogen) atoms. The molecule has 2 N–H and O–H groups in total. The number of nitrogens with one attached hydrogen (secondary N) is 2. The Hall–Kier alpha value is -0.830. The molecule has 0 aromatic carbocycles. The molecule has 0 aromatic rings. The molecule has 0 aliphatic carbocycles. The molecule has 0 saturated heterocycles. The van der Waals surface area contributed by atoms with Gasteiger partial charge in [0, 0.05) is 12.1 Å². The van der Waals surface area contributed by atoms with Crippen LogP contribution in [0.1, 0.15) is 13.8 Å². The van der Waals surface area contributed by atoms with Crippen molar-refractivity contribution in [3.8, 4) is 0 Å². The second kappa shape index (κ2) is 4.91. The molecule has 64 valence electrons. The molecule has 0 rings (SSSR count). The Morgan fingerprint density at radius 2 is 2.00 bits per heavy atom. The molecule has 0 spiro atoms. The van der Waals surface area contributed by atoms with E-state index in [9.17, 15) is 4.79 Å². The summed E-state index contributed by atoms with van der Waals surface area (Å²) in [5, 5.41) is 5.81. The molecule has 0 radical (unpaired) electrons. The van der Waals surface area contributed by atoms with Crippen molar-refractivity contribution in [3.63, 3.8) is 0 Å². The van der Waals surface area contributed by atoms with E-state index in [4.69, 9.17) is 0 Å². The highest BCUT2D eigenvalue weighted by atomic mass is 16.1. The van der Waals surface area contributed by atoms with E-state index >= 15 is 0 Å². The lowest BCUT2D eigenvalue weighted by molar-refractivity contribution is -0.117. The molecule has 0 aliphatic rings. The van der Waals surface area contributed by atoms with Crippen LogP contribution in [0, 0.1) is 0 Å². The van der Waals surface area contributed by atoms with E-state index in [-0.39, 0.29) is 18.0 Å². The zero-order valence-corrected chi connectivity index (χ0v) is 7.35. The number of hydrogen-bond donors (Lipinski definition) is 2. The van der Waals surface area contributed by atoms with Gasteiger partial charge in [-0.25, -0.2) is 0 Å². The Balaban J connectivity index is 3.76. The van der Waals surface area contributed by atoms with Gasteiger partial charge in [0.25, 0.3) is 0 Å². The fourth-order valence-electron chi connectivity index (χ4n) is 0.658. The fraction of sp³-hybridized carbons (Fsp3) is 0.625. The molecule has 0 saturated carbocycles. The van der Waals surface area contributed by atoms with Crippen molar-refractivity contribution in [2.75, 3.05) is 7.05 Å². The quantitative estimate of drug-likeness (QED) is 0.574. The summed E-state index contributed by atoms with van der Waals surface area (Å²) in [5.41, 5.74) is 0. The van der Waals surface area contributed by atoms with E-state index in [2.05, 4.69) is 17.2 Å². The number of carbonyl (C=O) groups excluding carboxylic acids is 1. The highest BCUT2D eigenvalue weighted by molar-refractivity contribution is 5.87. The van der Waals surface area contributed by atoms with Crippen LogP contribution >= 0.6 is 0 Å². The molecule has 0 aliphatic heterocycles. The van der Waals surface area contributed by atoms with Gasteiger partial charge in [-0.1, -0.05) is 6.58 Å². The molecule has 3 heteroatoms. The van der Waals surface area contributed by atoms with Crippen molar-refractivity contribution in [2.45, 2.75) is 25.9 Å². The second-order valence-electron chi connectivity index (χ2n) is 2.58. The minimum Gasteiger partial charge on any atom is -0.349 e. The largest absolute Gasteiger partial charge is 0.349 e. The van der Waals surface area contributed by atoms with Crippen LogP contribution in [0.4, 0.5) is 0 Å². The Morgan fingerprint density at radius 1 is 1.45 bits per heavy atom. The van der Waals surface area contributed by atoms with Crippen LogP contribution in [0.2, 0.25) is 0 Å². The van der Waals surface area contributed by atoms with E-state index in [0.29, 0.717) is 0 Å². The summed E-state index contributed by atoms with van der Waals surface area (Å²) in [6.07, 6.45) is 1.28. The van der Waals surface area contributed by atoms with Gasteiger partial charge in [-0.2, -0.15) is 0 Å². The van der Waals surface area contributed by atoms with E-state index < -0.39 is 0 Å². The first-order valence-corrected chi connectivity index (χ1v) is 3.72. The van der Waals surface area contributed by atoms with Gasteiger partial charge in [-0.15, -0.1) is 0 Å². The molecule has 0 heterocycles. The third kappa shape index (κ3) is 3.78. The van der Waals surface area contributed by atoms with Crippen LogP contribution in [0.15, 0.2) is 12.7 Å². The fourth-order valence-corrected chi connectivity index (χ4v) is 0.658. The Morgan fingerprint density at radius 3 is 2.36 bits per heavy atom. The maximum absolute atomic E-state index is 10.8. The van der Waals surface area contributed by atoms with E-state index in [1.165, 1.54) is 6.08 Å². The number of amides is 1. The van der Waals surface area contributed by atoms with Crippen molar-refractivity contribution in [1.82, 2.24) is 10.6 Å². The smallest absolute Gasteiger partial charge is 0.243 e. The van der Waals surface area contributed by atoms with Crippen LogP contribution in [0.3, 0.4) is 0 Å². The van der Waals surface area contributed by atoms with Crippen molar-refractivity contribution in [3.05, 3.63) is 12.7 Å². The summed E-state index contributed by atoms with van der Waals surface area (Å²) in [7, 11) is 1.86. The van der Waals surface area contributed by atoms with Gasteiger partial charge in [-0.05, 0) is 27.0 Å². The molecule has 0 bridgehead atoms. The van der Waals surface area contributed by atoms with Crippen LogP contribution in [0.5, 0.6) is 0 Å². The number of hydrogen-bond acceptors (Lipinski definition) is 2. The van der Waals surface area contributed by atoms with Crippen LogP contribution in [-0.4, -0.2) is 25.0 Å². The molecule has 2 atom stereocenters. The van der Waals surface area contributed by atoms with Gasteiger partial charge in [0.1, 0.15) is 0 Å². The maximum Gasteiger partial charge on any atom is 0.243 e. The Labute approximate surface area is 67.9 Å². The van der Waals surface area contributed by atoms with E-state index in [1.807, 2.05) is 20.9 Å². The van der Waals surface area contributed by atoms with Gasteiger partial charge >= 0.3 is 0 Å². The van der Waals surface area contributed by atoms with E-state index in [0.717, 1.165) is 0 Å². The predicted octanol–water partition coefficient (Wildman–Crippen LogP) is 0.285. The van der Waals surface area contributed by atoms with Crippen LogP contribution in [0.25, 0.3) is 0 Å². The highest BCUT2D eigenvalue weighted by Gasteiger charge is 2.10. The van der Waals surface area contributed by atoms with E-state index in [1.54, 1.807) is 0 Å². The van der Waals surface area contributed by atoms with Gasteiger partial charge in [0.05, 0.1) is 0 Å². The van der Waals surface area contributed by atoms with Crippen molar-refractivity contribution in [1.29, 1.82) is 0 Å². The summed E-state index contributed by atoms with van der Waals surface area (Å²) in [4.78, 5) is 10.8. The first-order chi connectivity index (χ1) is 5.11. The van der Waals surface area contributed by atoms with Crippen molar-refractivity contribution < 1.29 is 4.79 Å². The third-order valence-electron chi connectivity index (χ3n) is 1.76. The molecule has 1 amide bonds. The first kappa shape index (κ1) is 10.2. The van der Waals surface area contributed by atoms with Crippen molar-refractivity contribution in [2.24, 2.45) is 0 Å². The Bertz CT molecular complexity index is 145. The zero-order chi connectivity index (χ0) is 8.85. The minimum atomic E-state index is -0.125. The maximum atomic E-state index is 10.8. The monoisotopic (exact) mass is 156 g/mol. The van der Waals surface area contributed by atoms with Gasteiger partial charge in [0.15, 0.2) is 0 Å². The first-order valence-electron chi connectivity index (χ1n) is 3.72. The average Bonchev–Trinajstić information content (AvgIpc) is 2.02. The topological polar surface area (TPSA) is 41.1 Å². The van der Waals surface area contributed by atoms with Crippen LogP contribution < -0.4 is 10.6 Å². The van der Waals surface area contributed by atoms with Gasteiger partial charge in [-0.3, -0.25) is 4.79 Å². The summed E-state index contributed by atoms with van der Waals surface area (Å²) in [6.45, 7) is 7.32. The molecular weight excluding hydrogens is 140 g/mol. The second-order valence-corrected chi connectivity index (χ2v) is 2.58. The van der Waals surface area contributed by atoms with Crippen molar-refractivity contribution >= 4 is 5.91 Å². The number of rotatable bonds is 4. The molecule has 3 nitrogen and oxygen atoms in total. The predicted molar refractivity (Wildman–Crippen MR) is 46.3 cm³/mol. The lowest BCUT2D eigenvalue weighted by Gasteiger charge is -2.19. The third-order valence-corrected chi connectivity index (χ3v) is 1.76. The molecular formula is C8H16N2O. The highest BCUT2D eigenvalue weighted by Crippen LogP contribution is 1.89. The summed E-state index contributed by atoms with van der Waals surface area (Å²) in [6, 6.07) is 0.407. The molecule has 0 fully saturated rings. The molecule has 0 aromatic heterocycles. The summed E-state index contributed by atoms with van der Waals surface area (Å²) < 4.78 is 0. The lowest BCUT2D eigenvalue weighted by Crippen LogP contribution is -2.44. The zero-order valence-electron chi connectivity index (χ0n) is 7.35. The standard InChI is InChI=1S/C8H16N2O/c1-5-8(11)10-7(3)6(2)9-4/h5-7,9H,1H2,2-4H3,(H,10,11). The molecule has 2 unspecified atom stereocenters. The Kier molecular flexibility index (Phi) is 4.54. The summed E-state index contributed by atoms with van der Waals surface area (Å²) >= 11 is 0. The SMILES string of the molecule is C=CC(=O)NC(C)C(C)NC. The van der Waals surface area contributed by atoms with Gasteiger partial charge < -0.3 is 10.6 Å². The lowest BCUT2D eigenvalue weighted by atomic mass is 10.2. The summed E-state index contributed by atoms with van der Waals surface area (Å²) in [5.74, 6) is -0.125.